The van der Waals surface area contributed by atoms with E-state index in [9.17, 15) is 4.79 Å². The zero-order chi connectivity index (χ0) is 18.5. The van der Waals surface area contributed by atoms with Crippen molar-refractivity contribution in [3.63, 3.8) is 0 Å². The van der Waals surface area contributed by atoms with Gasteiger partial charge in [0.1, 0.15) is 11.1 Å². The first-order valence-electron chi connectivity index (χ1n) is 8.07. The molecule has 0 aliphatic heterocycles. The van der Waals surface area contributed by atoms with Crippen LogP contribution in [0.25, 0.3) is 11.4 Å². The van der Waals surface area contributed by atoms with Crippen LogP contribution in [0.4, 0.5) is 5.00 Å². The number of benzene rings is 1. The number of aromatic nitrogens is 3. The van der Waals surface area contributed by atoms with Gasteiger partial charge in [0.25, 0.3) is 0 Å². The highest BCUT2D eigenvalue weighted by atomic mass is 32.2. The van der Waals surface area contributed by atoms with E-state index in [0.29, 0.717) is 21.5 Å². The molecule has 8 heteroatoms. The first-order valence-corrected chi connectivity index (χ1v) is 9.83. The molecule has 1 amide bonds. The topological polar surface area (TPSA) is 94.5 Å². The highest BCUT2D eigenvalue weighted by molar-refractivity contribution is 8.00. The molecule has 26 heavy (non-hydrogen) atoms. The van der Waals surface area contributed by atoms with Crippen molar-refractivity contribution in [1.29, 1.82) is 5.26 Å². The highest BCUT2D eigenvalue weighted by Gasteiger charge is 2.19. The molecule has 0 fully saturated rings. The van der Waals surface area contributed by atoms with E-state index < -0.39 is 5.25 Å². The van der Waals surface area contributed by atoms with E-state index in [-0.39, 0.29) is 5.91 Å². The van der Waals surface area contributed by atoms with E-state index in [2.05, 4.69) is 45.6 Å². The van der Waals surface area contributed by atoms with Crippen LogP contribution < -0.4 is 5.32 Å². The Morgan fingerprint density at radius 1 is 1.38 bits per heavy atom. The summed E-state index contributed by atoms with van der Waals surface area (Å²) in [4.78, 5) is 16.8. The number of amides is 1. The molecule has 6 nitrogen and oxygen atoms in total. The second-order valence-electron chi connectivity index (χ2n) is 5.54. The van der Waals surface area contributed by atoms with Crippen LogP contribution in [-0.4, -0.2) is 26.3 Å². The standard InChI is InChI=1S/C18H17N5OS2/c1-3-12-4-6-13(7-5-12)15-20-18(23-22-15)26-11(2)16(24)21-17-14(10-19)8-9-25-17/h4-9,11H,3H2,1-2H3,(H,21,24)(H,20,22,23)/t11-/m0/s1. The number of carbonyl (C=O) groups excluding carboxylic acids is 1. The lowest BCUT2D eigenvalue weighted by atomic mass is 10.1. The second-order valence-corrected chi connectivity index (χ2v) is 7.77. The number of anilines is 1. The van der Waals surface area contributed by atoms with Gasteiger partial charge in [-0.05, 0) is 30.4 Å². The van der Waals surface area contributed by atoms with Crippen LogP contribution in [0.2, 0.25) is 0 Å². The summed E-state index contributed by atoms with van der Waals surface area (Å²) in [7, 11) is 0. The van der Waals surface area contributed by atoms with Gasteiger partial charge in [-0.25, -0.2) is 4.98 Å². The fourth-order valence-corrected chi connectivity index (χ4v) is 3.71. The van der Waals surface area contributed by atoms with E-state index >= 15 is 0 Å². The predicted molar refractivity (Wildman–Crippen MR) is 104 cm³/mol. The van der Waals surface area contributed by atoms with Crippen molar-refractivity contribution in [2.24, 2.45) is 0 Å². The first-order chi connectivity index (χ1) is 12.6. The third kappa shape index (κ3) is 4.12. The van der Waals surface area contributed by atoms with Crippen molar-refractivity contribution in [1.82, 2.24) is 15.2 Å². The quantitative estimate of drug-likeness (QED) is 0.625. The van der Waals surface area contributed by atoms with Gasteiger partial charge in [0, 0.05) is 5.56 Å². The number of thioether (sulfide) groups is 1. The Balaban J connectivity index is 1.64. The van der Waals surface area contributed by atoms with Gasteiger partial charge in [-0.1, -0.05) is 43.0 Å². The average molecular weight is 384 g/mol. The Morgan fingerprint density at radius 3 is 2.85 bits per heavy atom. The number of nitrogens with zero attached hydrogens (tertiary/aromatic N) is 3. The third-order valence-electron chi connectivity index (χ3n) is 3.77. The van der Waals surface area contributed by atoms with Crippen molar-refractivity contribution < 1.29 is 4.79 Å². The Morgan fingerprint density at radius 2 is 2.15 bits per heavy atom. The van der Waals surface area contributed by atoms with E-state index in [1.165, 1.54) is 28.7 Å². The molecular formula is C18H17N5OS2. The van der Waals surface area contributed by atoms with E-state index in [1.54, 1.807) is 18.4 Å². The van der Waals surface area contributed by atoms with Gasteiger partial charge in [0.2, 0.25) is 11.1 Å². The van der Waals surface area contributed by atoms with E-state index in [1.807, 2.05) is 12.1 Å². The summed E-state index contributed by atoms with van der Waals surface area (Å²) in [6, 6.07) is 11.9. The molecule has 3 aromatic rings. The molecule has 0 saturated heterocycles. The molecule has 2 heterocycles. The smallest absolute Gasteiger partial charge is 0.238 e. The van der Waals surface area contributed by atoms with Crippen molar-refractivity contribution in [3.8, 4) is 17.5 Å². The van der Waals surface area contributed by atoms with Crippen molar-refractivity contribution >= 4 is 34.0 Å². The number of carbonyl (C=O) groups is 1. The van der Waals surface area contributed by atoms with Gasteiger partial charge in [0.05, 0.1) is 10.8 Å². The molecule has 0 spiro atoms. The summed E-state index contributed by atoms with van der Waals surface area (Å²) in [5, 5.41) is 21.4. The first kappa shape index (κ1) is 18.2. The molecule has 132 valence electrons. The lowest BCUT2D eigenvalue weighted by molar-refractivity contribution is -0.115. The minimum absolute atomic E-state index is 0.187. The number of nitrogens with one attached hydrogen (secondary N) is 2. The largest absolute Gasteiger partial charge is 0.316 e. The van der Waals surface area contributed by atoms with Crippen LogP contribution in [0.1, 0.15) is 25.0 Å². The average Bonchev–Trinajstić information content (AvgIpc) is 3.31. The molecule has 0 unspecified atom stereocenters. The maximum absolute atomic E-state index is 12.3. The van der Waals surface area contributed by atoms with Gasteiger partial charge in [-0.2, -0.15) is 5.26 Å². The Hall–Kier alpha value is -2.63. The number of thiophene rings is 1. The van der Waals surface area contributed by atoms with Crippen molar-refractivity contribution in [2.75, 3.05) is 5.32 Å². The molecule has 2 aromatic heterocycles. The number of nitriles is 1. The van der Waals surface area contributed by atoms with Gasteiger partial charge < -0.3 is 5.32 Å². The monoisotopic (exact) mass is 383 g/mol. The Labute approximate surface area is 159 Å². The summed E-state index contributed by atoms with van der Waals surface area (Å²) in [5.74, 6) is 0.486. The molecule has 0 aliphatic carbocycles. The molecular weight excluding hydrogens is 366 g/mol. The molecule has 0 bridgehead atoms. The number of hydrogen-bond acceptors (Lipinski definition) is 6. The summed E-state index contributed by atoms with van der Waals surface area (Å²) in [6.07, 6.45) is 0.988. The van der Waals surface area contributed by atoms with Crippen molar-refractivity contribution in [2.45, 2.75) is 30.7 Å². The molecule has 0 aliphatic rings. The minimum Gasteiger partial charge on any atom is -0.316 e. The zero-order valence-electron chi connectivity index (χ0n) is 14.3. The molecule has 1 aromatic carbocycles. The lowest BCUT2D eigenvalue weighted by Gasteiger charge is -2.08. The fraction of sp³-hybridized carbons (Fsp3) is 0.222. The molecule has 0 saturated carbocycles. The second kappa shape index (κ2) is 8.17. The number of aromatic amines is 1. The lowest BCUT2D eigenvalue weighted by Crippen LogP contribution is -2.22. The predicted octanol–water partition coefficient (Wildman–Crippen LogP) is 4.09. The van der Waals surface area contributed by atoms with Crippen molar-refractivity contribution in [3.05, 3.63) is 46.8 Å². The Bertz CT molecular complexity index is 939. The Kier molecular flexibility index (Phi) is 5.71. The van der Waals surface area contributed by atoms with Crippen LogP contribution in [0.3, 0.4) is 0 Å². The highest BCUT2D eigenvalue weighted by Crippen LogP contribution is 2.26. The number of rotatable bonds is 6. The minimum atomic E-state index is -0.394. The van der Waals surface area contributed by atoms with Gasteiger partial charge in [-0.3, -0.25) is 9.89 Å². The SMILES string of the molecule is CCc1ccc(-c2nc(S[C@@H](C)C(=O)Nc3sccc3C#N)n[nH]2)cc1. The number of H-pyrrole nitrogens is 1. The normalized spacial score (nSPS) is 11.7. The van der Waals surface area contributed by atoms with Gasteiger partial charge in [-0.15, -0.1) is 16.4 Å². The maximum Gasteiger partial charge on any atom is 0.238 e. The summed E-state index contributed by atoms with van der Waals surface area (Å²) in [5.41, 5.74) is 2.69. The number of hydrogen-bond donors (Lipinski definition) is 2. The molecule has 0 radical (unpaired) electrons. The molecule has 3 rings (SSSR count). The molecule has 1 atom stereocenters. The van der Waals surface area contributed by atoms with Gasteiger partial charge in [0.15, 0.2) is 5.82 Å². The van der Waals surface area contributed by atoms with Crippen LogP contribution in [0.15, 0.2) is 40.9 Å². The van der Waals surface area contributed by atoms with Gasteiger partial charge >= 0.3 is 0 Å². The number of aryl methyl sites for hydroxylation is 1. The van der Waals surface area contributed by atoms with Crippen LogP contribution in [0.5, 0.6) is 0 Å². The molecule has 2 N–H and O–H groups in total. The third-order valence-corrected chi connectivity index (χ3v) is 5.57. The van der Waals surface area contributed by atoms with Crippen LogP contribution >= 0.6 is 23.1 Å². The van der Waals surface area contributed by atoms with Crippen LogP contribution in [0, 0.1) is 11.3 Å². The summed E-state index contributed by atoms with van der Waals surface area (Å²) in [6.45, 7) is 3.89. The van der Waals surface area contributed by atoms with E-state index in [4.69, 9.17) is 5.26 Å². The fourth-order valence-electron chi connectivity index (χ4n) is 2.25. The maximum atomic E-state index is 12.3. The van der Waals surface area contributed by atoms with E-state index in [0.717, 1.165) is 12.0 Å². The van der Waals surface area contributed by atoms with Crippen LogP contribution in [-0.2, 0) is 11.2 Å². The zero-order valence-corrected chi connectivity index (χ0v) is 15.9. The summed E-state index contributed by atoms with van der Waals surface area (Å²) >= 11 is 2.60. The summed E-state index contributed by atoms with van der Waals surface area (Å²) < 4.78 is 0.